The maximum atomic E-state index is 11.5. The predicted octanol–water partition coefficient (Wildman–Crippen LogP) is 2.86. The van der Waals surface area contributed by atoms with Crippen molar-refractivity contribution in [1.29, 1.82) is 0 Å². The summed E-state index contributed by atoms with van der Waals surface area (Å²) in [6.07, 6.45) is 2.14. The molecule has 1 saturated heterocycles. The maximum absolute atomic E-state index is 11.5. The molecule has 2 aromatic carbocycles. The van der Waals surface area contributed by atoms with Crippen molar-refractivity contribution in [1.82, 2.24) is 4.90 Å². The summed E-state index contributed by atoms with van der Waals surface area (Å²) in [5.74, 6) is -0.380. The highest BCUT2D eigenvalue weighted by molar-refractivity contribution is 5.98. The van der Waals surface area contributed by atoms with Crippen molar-refractivity contribution in [3.05, 3.63) is 65.7 Å². The van der Waals surface area contributed by atoms with Gasteiger partial charge in [-0.25, -0.2) is 0 Å². The standard InChI is InChI=1S/C19H23N3O/c20-19(23)17-8-4-5-9-18(17)21-16-10-12-22(13-11-16)14-15-6-2-1-3-7-15/h1-9,16,21H,10-14H2,(H2,20,23). The van der Waals surface area contributed by atoms with Crippen LogP contribution in [0.25, 0.3) is 0 Å². The lowest BCUT2D eigenvalue weighted by Crippen LogP contribution is -2.39. The Kier molecular flexibility index (Phi) is 4.93. The Labute approximate surface area is 137 Å². The number of para-hydroxylation sites is 1. The number of likely N-dealkylation sites (tertiary alicyclic amines) is 1. The van der Waals surface area contributed by atoms with E-state index in [9.17, 15) is 4.79 Å². The van der Waals surface area contributed by atoms with Crippen molar-refractivity contribution < 1.29 is 4.79 Å². The fourth-order valence-electron chi connectivity index (χ4n) is 3.12. The molecular formula is C19H23N3O. The first-order valence-electron chi connectivity index (χ1n) is 8.14. The van der Waals surface area contributed by atoms with Crippen LogP contribution in [0.3, 0.4) is 0 Å². The lowest BCUT2D eigenvalue weighted by Gasteiger charge is -2.33. The van der Waals surface area contributed by atoms with Crippen LogP contribution in [0.15, 0.2) is 54.6 Å². The molecule has 0 saturated carbocycles. The second-order valence-corrected chi connectivity index (χ2v) is 6.09. The Balaban J connectivity index is 1.54. The number of primary amides is 1. The molecule has 1 aliphatic heterocycles. The molecule has 0 radical (unpaired) electrons. The zero-order valence-corrected chi connectivity index (χ0v) is 13.2. The van der Waals surface area contributed by atoms with E-state index in [2.05, 4.69) is 40.5 Å². The molecule has 4 heteroatoms. The van der Waals surface area contributed by atoms with Gasteiger partial charge in [0.05, 0.1) is 5.56 Å². The van der Waals surface area contributed by atoms with Crippen LogP contribution in [-0.4, -0.2) is 29.9 Å². The Hall–Kier alpha value is -2.33. The number of carbonyl (C=O) groups is 1. The molecule has 1 aliphatic rings. The number of rotatable bonds is 5. The Bertz CT molecular complexity index is 649. The van der Waals surface area contributed by atoms with Crippen LogP contribution in [0, 0.1) is 0 Å². The number of anilines is 1. The molecule has 1 heterocycles. The van der Waals surface area contributed by atoms with Gasteiger partial charge in [0.1, 0.15) is 0 Å². The number of benzene rings is 2. The van der Waals surface area contributed by atoms with E-state index in [1.807, 2.05) is 18.2 Å². The van der Waals surface area contributed by atoms with E-state index < -0.39 is 0 Å². The van der Waals surface area contributed by atoms with E-state index >= 15 is 0 Å². The van der Waals surface area contributed by atoms with Crippen LogP contribution in [0.1, 0.15) is 28.8 Å². The molecule has 1 amide bonds. The van der Waals surface area contributed by atoms with Crippen LogP contribution in [-0.2, 0) is 6.54 Å². The van der Waals surface area contributed by atoms with Gasteiger partial charge in [-0.1, -0.05) is 42.5 Å². The van der Waals surface area contributed by atoms with Gasteiger partial charge >= 0.3 is 0 Å². The number of carbonyl (C=O) groups excluding carboxylic acids is 1. The molecule has 23 heavy (non-hydrogen) atoms. The van der Waals surface area contributed by atoms with Gasteiger partial charge < -0.3 is 11.1 Å². The third-order valence-electron chi connectivity index (χ3n) is 4.39. The van der Waals surface area contributed by atoms with E-state index in [0.29, 0.717) is 11.6 Å². The first kappa shape index (κ1) is 15.6. The lowest BCUT2D eigenvalue weighted by molar-refractivity contribution is 0.100. The largest absolute Gasteiger partial charge is 0.382 e. The Morgan fingerprint density at radius 2 is 1.70 bits per heavy atom. The average Bonchev–Trinajstić information content (AvgIpc) is 2.58. The first-order valence-corrected chi connectivity index (χ1v) is 8.14. The summed E-state index contributed by atoms with van der Waals surface area (Å²) in [6.45, 7) is 3.13. The molecule has 0 atom stereocenters. The molecule has 0 aromatic heterocycles. The van der Waals surface area contributed by atoms with Gasteiger partial charge in [0, 0.05) is 31.4 Å². The van der Waals surface area contributed by atoms with E-state index in [1.165, 1.54) is 5.56 Å². The van der Waals surface area contributed by atoms with Gasteiger partial charge in [0.2, 0.25) is 0 Å². The molecule has 4 nitrogen and oxygen atoms in total. The average molecular weight is 309 g/mol. The van der Waals surface area contributed by atoms with Crippen molar-refractivity contribution in [2.75, 3.05) is 18.4 Å². The summed E-state index contributed by atoms with van der Waals surface area (Å²) < 4.78 is 0. The number of nitrogens with zero attached hydrogens (tertiary/aromatic N) is 1. The minimum atomic E-state index is -0.380. The summed E-state index contributed by atoms with van der Waals surface area (Å²) in [7, 11) is 0. The number of nitrogens with one attached hydrogen (secondary N) is 1. The third kappa shape index (κ3) is 4.11. The molecular weight excluding hydrogens is 286 g/mol. The summed E-state index contributed by atoms with van der Waals surface area (Å²) in [5, 5.41) is 3.49. The summed E-state index contributed by atoms with van der Waals surface area (Å²) in [6, 6.07) is 18.4. The van der Waals surface area contributed by atoms with Gasteiger partial charge in [0.25, 0.3) is 5.91 Å². The van der Waals surface area contributed by atoms with Crippen molar-refractivity contribution in [3.63, 3.8) is 0 Å². The van der Waals surface area contributed by atoms with Gasteiger partial charge in [-0.05, 0) is 30.5 Å². The SMILES string of the molecule is NC(=O)c1ccccc1NC1CCN(Cc2ccccc2)CC1. The van der Waals surface area contributed by atoms with Crippen molar-refractivity contribution in [3.8, 4) is 0 Å². The van der Waals surface area contributed by atoms with Crippen molar-refractivity contribution >= 4 is 11.6 Å². The molecule has 1 fully saturated rings. The van der Waals surface area contributed by atoms with Crippen LogP contribution in [0.2, 0.25) is 0 Å². The topological polar surface area (TPSA) is 58.4 Å². The minimum Gasteiger partial charge on any atom is -0.382 e. The van der Waals surface area contributed by atoms with E-state index in [4.69, 9.17) is 5.73 Å². The Morgan fingerprint density at radius 1 is 1.04 bits per heavy atom. The summed E-state index contributed by atoms with van der Waals surface area (Å²) in [5.41, 5.74) is 8.22. The quantitative estimate of drug-likeness (QED) is 0.893. The molecule has 0 bridgehead atoms. The van der Waals surface area contributed by atoms with Gasteiger partial charge in [-0.3, -0.25) is 9.69 Å². The van der Waals surface area contributed by atoms with Crippen LogP contribution >= 0.6 is 0 Å². The number of nitrogens with two attached hydrogens (primary N) is 1. The molecule has 0 aliphatic carbocycles. The fraction of sp³-hybridized carbons (Fsp3) is 0.316. The van der Waals surface area contributed by atoms with Gasteiger partial charge in [-0.15, -0.1) is 0 Å². The molecule has 3 N–H and O–H groups in total. The molecule has 0 spiro atoms. The highest BCUT2D eigenvalue weighted by Crippen LogP contribution is 2.21. The zero-order chi connectivity index (χ0) is 16.1. The van der Waals surface area contributed by atoms with Crippen LogP contribution in [0.5, 0.6) is 0 Å². The number of hydrogen-bond acceptors (Lipinski definition) is 3. The van der Waals surface area contributed by atoms with Crippen LogP contribution < -0.4 is 11.1 Å². The zero-order valence-electron chi connectivity index (χ0n) is 13.2. The first-order chi connectivity index (χ1) is 11.2. The third-order valence-corrected chi connectivity index (χ3v) is 4.39. The number of hydrogen-bond donors (Lipinski definition) is 2. The minimum absolute atomic E-state index is 0.380. The van der Waals surface area contributed by atoms with Gasteiger partial charge in [0.15, 0.2) is 0 Å². The van der Waals surface area contributed by atoms with Crippen molar-refractivity contribution in [2.24, 2.45) is 5.73 Å². The van der Waals surface area contributed by atoms with E-state index in [0.717, 1.165) is 38.2 Å². The van der Waals surface area contributed by atoms with Gasteiger partial charge in [-0.2, -0.15) is 0 Å². The van der Waals surface area contributed by atoms with Crippen molar-refractivity contribution in [2.45, 2.75) is 25.4 Å². The smallest absolute Gasteiger partial charge is 0.250 e. The maximum Gasteiger partial charge on any atom is 0.250 e. The summed E-state index contributed by atoms with van der Waals surface area (Å²) in [4.78, 5) is 14.0. The molecule has 3 rings (SSSR count). The highest BCUT2D eigenvalue weighted by Gasteiger charge is 2.20. The lowest BCUT2D eigenvalue weighted by atomic mass is 10.0. The fourth-order valence-corrected chi connectivity index (χ4v) is 3.12. The Morgan fingerprint density at radius 3 is 2.39 bits per heavy atom. The second kappa shape index (κ2) is 7.29. The van der Waals surface area contributed by atoms with Crippen LogP contribution in [0.4, 0.5) is 5.69 Å². The highest BCUT2D eigenvalue weighted by atomic mass is 16.1. The second-order valence-electron chi connectivity index (χ2n) is 6.09. The normalized spacial score (nSPS) is 16.2. The molecule has 2 aromatic rings. The van der Waals surface area contributed by atoms with E-state index in [1.54, 1.807) is 6.07 Å². The van der Waals surface area contributed by atoms with E-state index in [-0.39, 0.29) is 5.91 Å². The number of amides is 1. The molecule has 0 unspecified atom stereocenters. The summed E-state index contributed by atoms with van der Waals surface area (Å²) >= 11 is 0. The predicted molar refractivity (Wildman–Crippen MR) is 93.3 cm³/mol. The number of piperidine rings is 1. The monoisotopic (exact) mass is 309 g/mol. The molecule has 120 valence electrons.